The van der Waals surface area contributed by atoms with Gasteiger partial charge in [-0.05, 0) is 0 Å². The molecule has 3 aromatic rings. The Kier molecular flexibility index (Phi) is 2.57. The second-order valence-corrected chi connectivity index (χ2v) is 4.90. The molecule has 5 heteroatoms. The molecule has 1 atom stereocenters. The topological polar surface area (TPSA) is 68.6 Å². The minimum Gasteiger partial charge on any atom is -0.394 e. The highest BCUT2D eigenvalue weighted by atomic mass is 15.5. The van der Waals surface area contributed by atoms with Crippen molar-refractivity contribution in [1.29, 1.82) is 0 Å². The monoisotopic (exact) mass is 275 g/mol. The van der Waals surface area contributed by atoms with E-state index >= 15 is 0 Å². The summed E-state index contributed by atoms with van der Waals surface area (Å²) in [6, 6.07) is 19.8. The van der Waals surface area contributed by atoms with E-state index in [1.54, 1.807) is 4.68 Å². The summed E-state index contributed by atoms with van der Waals surface area (Å²) in [7, 11) is 0. The normalized spacial score (nSPS) is 16.1. The molecule has 0 bridgehead atoms. The van der Waals surface area contributed by atoms with Crippen LogP contribution in [0.3, 0.4) is 0 Å². The lowest BCUT2D eigenvalue weighted by atomic mass is 10.1. The molecule has 0 saturated heterocycles. The molecule has 0 amide bonds. The highest BCUT2D eigenvalue weighted by molar-refractivity contribution is 5.80. The number of anilines is 1. The van der Waals surface area contributed by atoms with Gasteiger partial charge in [-0.2, -0.15) is 10.2 Å². The van der Waals surface area contributed by atoms with Crippen LogP contribution in [-0.2, 0) is 0 Å². The fourth-order valence-corrected chi connectivity index (χ4v) is 2.51. The van der Waals surface area contributed by atoms with Gasteiger partial charge in [0.05, 0.1) is 0 Å². The largest absolute Gasteiger partial charge is 0.394 e. The number of aromatic nitrogens is 2. The molecule has 2 aromatic carbocycles. The van der Waals surface area contributed by atoms with Crippen molar-refractivity contribution in [1.82, 2.24) is 9.78 Å². The first kappa shape index (κ1) is 11.8. The number of nitrogens with two attached hydrogens (primary N) is 1. The van der Waals surface area contributed by atoms with E-state index in [1.165, 1.54) is 0 Å². The van der Waals surface area contributed by atoms with Crippen molar-refractivity contribution in [3.05, 3.63) is 66.2 Å². The number of azo groups is 1. The molecular formula is C16H13N5. The quantitative estimate of drug-likeness (QED) is 0.773. The highest BCUT2D eigenvalue weighted by Gasteiger charge is 2.27. The van der Waals surface area contributed by atoms with Crippen LogP contribution in [0.4, 0.5) is 11.5 Å². The first-order valence-electron chi connectivity index (χ1n) is 6.74. The van der Waals surface area contributed by atoms with Crippen molar-refractivity contribution in [2.75, 3.05) is 5.73 Å². The Morgan fingerprint density at radius 2 is 1.57 bits per heavy atom. The number of hydrogen-bond donors (Lipinski definition) is 1. The third kappa shape index (κ3) is 1.82. The second kappa shape index (κ2) is 4.56. The number of fused-ring (bicyclic) bond motifs is 1. The van der Waals surface area contributed by atoms with Gasteiger partial charge in [-0.1, -0.05) is 60.7 Å². The number of nitrogen functional groups attached to an aromatic ring is 1. The fraction of sp³-hybridized carbons (Fsp3) is 0.0625. The van der Waals surface area contributed by atoms with Crippen molar-refractivity contribution >= 4 is 11.5 Å². The van der Waals surface area contributed by atoms with E-state index in [0.29, 0.717) is 11.5 Å². The maximum atomic E-state index is 6.19. The Balaban J connectivity index is 1.83. The number of benzene rings is 2. The molecule has 5 nitrogen and oxygen atoms in total. The number of nitrogens with zero attached hydrogens (tertiary/aromatic N) is 4. The van der Waals surface area contributed by atoms with Gasteiger partial charge in [0, 0.05) is 11.1 Å². The lowest BCUT2D eigenvalue weighted by Crippen LogP contribution is -2.05. The molecule has 0 aliphatic carbocycles. The Bertz CT molecular complexity index is 805. The fourth-order valence-electron chi connectivity index (χ4n) is 2.51. The molecule has 1 unspecified atom stereocenters. The zero-order valence-corrected chi connectivity index (χ0v) is 11.2. The molecule has 1 aliphatic rings. The molecule has 102 valence electrons. The van der Waals surface area contributed by atoms with E-state index in [0.717, 1.165) is 16.8 Å². The molecule has 0 spiro atoms. The van der Waals surface area contributed by atoms with Crippen LogP contribution in [0.2, 0.25) is 0 Å². The summed E-state index contributed by atoms with van der Waals surface area (Å²) in [6.45, 7) is 0. The first-order chi connectivity index (χ1) is 10.3. The van der Waals surface area contributed by atoms with Gasteiger partial charge >= 0.3 is 0 Å². The zero-order valence-electron chi connectivity index (χ0n) is 11.2. The minimum atomic E-state index is -0.235. The summed E-state index contributed by atoms with van der Waals surface area (Å²) in [4.78, 5) is 0. The maximum Gasteiger partial charge on any atom is 0.199 e. The van der Waals surface area contributed by atoms with Crippen molar-refractivity contribution in [3.63, 3.8) is 0 Å². The van der Waals surface area contributed by atoms with Gasteiger partial charge in [-0.3, -0.25) is 0 Å². The van der Waals surface area contributed by atoms with Crippen LogP contribution in [0.15, 0.2) is 70.9 Å². The van der Waals surface area contributed by atoms with Crippen LogP contribution in [0.1, 0.15) is 11.7 Å². The van der Waals surface area contributed by atoms with Gasteiger partial charge in [0.25, 0.3) is 0 Å². The Morgan fingerprint density at radius 1 is 0.905 bits per heavy atom. The van der Waals surface area contributed by atoms with Gasteiger partial charge in [-0.25, -0.2) is 4.68 Å². The zero-order chi connectivity index (χ0) is 14.2. The molecular weight excluding hydrogens is 262 g/mol. The Morgan fingerprint density at radius 3 is 2.29 bits per heavy atom. The van der Waals surface area contributed by atoms with Crippen LogP contribution in [0.5, 0.6) is 0 Å². The Hall–Kier alpha value is -2.95. The molecule has 1 aromatic heterocycles. The average molecular weight is 275 g/mol. The summed E-state index contributed by atoms with van der Waals surface area (Å²) in [5, 5.41) is 13.1. The molecule has 4 rings (SSSR count). The van der Waals surface area contributed by atoms with Gasteiger partial charge in [-0.15, -0.1) is 5.11 Å². The molecule has 21 heavy (non-hydrogen) atoms. The van der Waals surface area contributed by atoms with Crippen molar-refractivity contribution < 1.29 is 0 Å². The molecule has 0 saturated carbocycles. The summed E-state index contributed by atoms with van der Waals surface area (Å²) in [5.41, 5.74) is 9.55. The highest BCUT2D eigenvalue weighted by Crippen LogP contribution is 2.41. The number of hydrogen-bond acceptors (Lipinski definition) is 4. The van der Waals surface area contributed by atoms with E-state index in [2.05, 4.69) is 15.3 Å². The van der Waals surface area contributed by atoms with Gasteiger partial charge in [0.1, 0.15) is 11.4 Å². The van der Waals surface area contributed by atoms with Crippen LogP contribution < -0.4 is 5.73 Å². The number of rotatable bonds is 2. The maximum absolute atomic E-state index is 6.19. The van der Waals surface area contributed by atoms with Crippen molar-refractivity contribution in [2.45, 2.75) is 6.17 Å². The lowest BCUT2D eigenvalue weighted by molar-refractivity contribution is 0.574. The minimum absolute atomic E-state index is 0.235. The molecule has 2 heterocycles. The van der Waals surface area contributed by atoms with Crippen LogP contribution in [0, 0.1) is 0 Å². The smallest absolute Gasteiger partial charge is 0.199 e. The molecule has 0 radical (unpaired) electrons. The summed E-state index contributed by atoms with van der Waals surface area (Å²) in [5.74, 6) is 0.628. The molecule has 2 N–H and O–H groups in total. The third-order valence-corrected chi connectivity index (χ3v) is 3.56. The van der Waals surface area contributed by atoms with E-state index in [1.807, 2.05) is 60.7 Å². The van der Waals surface area contributed by atoms with E-state index < -0.39 is 0 Å². The third-order valence-electron chi connectivity index (χ3n) is 3.56. The van der Waals surface area contributed by atoms with Gasteiger partial charge in [0.2, 0.25) is 0 Å². The summed E-state index contributed by atoms with van der Waals surface area (Å²) >= 11 is 0. The predicted octanol–water partition coefficient (Wildman–Crippen LogP) is 3.78. The SMILES string of the molecule is Nc1c(-c2ccccc2)nn2c1N=NC2c1ccccc1. The van der Waals surface area contributed by atoms with Crippen LogP contribution in [-0.4, -0.2) is 9.78 Å². The first-order valence-corrected chi connectivity index (χ1v) is 6.74. The van der Waals surface area contributed by atoms with Crippen LogP contribution >= 0.6 is 0 Å². The second-order valence-electron chi connectivity index (χ2n) is 4.90. The lowest BCUT2D eigenvalue weighted by Gasteiger charge is -2.07. The van der Waals surface area contributed by atoms with Crippen molar-refractivity contribution in [2.24, 2.45) is 10.2 Å². The predicted molar refractivity (Wildman–Crippen MR) is 81.2 cm³/mol. The summed E-state index contributed by atoms with van der Waals surface area (Å²) in [6.07, 6.45) is -0.235. The van der Waals surface area contributed by atoms with Gasteiger partial charge in [0.15, 0.2) is 12.0 Å². The van der Waals surface area contributed by atoms with E-state index in [4.69, 9.17) is 5.73 Å². The van der Waals surface area contributed by atoms with Crippen molar-refractivity contribution in [3.8, 4) is 11.3 Å². The van der Waals surface area contributed by atoms with E-state index in [-0.39, 0.29) is 6.17 Å². The van der Waals surface area contributed by atoms with Crippen LogP contribution in [0.25, 0.3) is 11.3 Å². The molecule has 1 aliphatic heterocycles. The standard InChI is InChI=1S/C16H13N5/c17-13-14(11-7-3-1-4-8-11)20-21-15(18-19-16(13)21)12-9-5-2-6-10-12/h1-10,15H,17H2. The average Bonchev–Trinajstić information content (AvgIpc) is 3.10. The van der Waals surface area contributed by atoms with E-state index in [9.17, 15) is 0 Å². The van der Waals surface area contributed by atoms with Gasteiger partial charge < -0.3 is 5.73 Å². The summed E-state index contributed by atoms with van der Waals surface area (Å²) < 4.78 is 1.78. The Labute approximate surface area is 121 Å². The molecule has 0 fully saturated rings.